The Morgan fingerprint density at radius 1 is 0.963 bits per heavy atom. The molecule has 0 spiro atoms. The van der Waals surface area contributed by atoms with E-state index in [1.165, 1.54) is 16.5 Å². The molecule has 0 fully saturated rings. The van der Waals surface area contributed by atoms with Crippen LogP contribution in [0.5, 0.6) is 0 Å². The fourth-order valence-electron chi connectivity index (χ4n) is 2.99. The van der Waals surface area contributed by atoms with E-state index in [9.17, 15) is 0 Å². The van der Waals surface area contributed by atoms with E-state index in [4.69, 9.17) is 11.6 Å². The average molecular weight is 378 g/mol. The Morgan fingerprint density at radius 2 is 1.81 bits per heavy atom. The second-order valence-electron chi connectivity index (χ2n) is 6.28. The van der Waals surface area contributed by atoms with Crippen molar-refractivity contribution in [3.05, 3.63) is 83.1 Å². The predicted molar refractivity (Wildman–Crippen MR) is 111 cm³/mol. The predicted octanol–water partition coefficient (Wildman–Crippen LogP) is 4.88. The maximum absolute atomic E-state index is 5.91. The van der Waals surface area contributed by atoms with Gasteiger partial charge in [-0.15, -0.1) is 0 Å². The van der Waals surface area contributed by atoms with Crippen molar-refractivity contribution >= 4 is 34.3 Å². The van der Waals surface area contributed by atoms with E-state index >= 15 is 0 Å². The molecule has 27 heavy (non-hydrogen) atoms. The van der Waals surface area contributed by atoms with Crippen LogP contribution >= 0.6 is 11.6 Å². The average Bonchev–Trinajstić information content (AvgIpc) is 3.11. The molecule has 4 rings (SSSR count). The Balaban J connectivity index is 1.33. The number of anilines is 2. The van der Waals surface area contributed by atoms with E-state index < -0.39 is 0 Å². The summed E-state index contributed by atoms with van der Waals surface area (Å²) < 4.78 is 0. The molecule has 3 N–H and O–H groups in total. The van der Waals surface area contributed by atoms with Crippen molar-refractivity contribution in [3.8, 4) is 0 Å². The number of nitrogens with one attached hydrogen (secondary N) is 3. The number of nitrogens with zero attached hydrogens (tertiary/aromatic N) is 2. The highest BCUT2D eigenvalue weighted by molar-refractivity contribution is 6.30. The molecule has 0 atom stereocenters. The molecular weight excluding hydrogens is 358 g/mol. The van der Waals surface area contributed by atoms with Crippen LogP contribution in [0.4, 0.5) is 11.8 Å². The van der Waals surface area contributed by atoms with Gasteiger partial charge in [-0.25, -0.2) is 4.98 Å². The molecule has 0 amide bonds. The standard InChI is InChI=1S/C21H20ClN5/c22-17-7-5-15(6-8-17)13-26-21-24-12-10-20(27-21)23-11-9-16-14-25-19-4-2-1-3-18(16)19/h1-8,10,12,14,25H,9,11,13H2,(H2,23,24,26,27). The second-order valence-corrected chi connectivity index (χ2v) is 6.72. The minimum atomic E-state index is 0.599. The number of H-pyrrole nitrogens is 1. The lowest BCUT2D eigenvalue weighted by atomic mass is 10.1. The lowest BCUT2D eigenvalue weighted by Crippen LogP contribution is -2.09. The number of fused-ring (bicyclic) bond motifs is 1. The van der Waals surface area contributed by atoms with Gasteiger partial charge in [0.25, 0.3) is 0 Å². The van der Waals surface area contributed by atoms with Crippen LogP contribution in [0.15, 0.2) is 67.0 Å². The summed E-state index contributed by atoms with van der Waals surface area (Å²) >= 11 is 5.91. The van der Waals surface area contributed by atoms with Gasteiger partial charge in [-0.3, -0.25) is 0 Å². The lowest BCUT2D eigenvalue weighted by molar-refractivity contribution is 0.997. The first-order valence-corrected chi connectivity index (χ1v) is 9.26. The summed E-state index contributed by atoms with van der Waals surface area (Å²) in [5.74, 6) is 1.41. The van der Waals surface area contributed by atoms with E-state index in [2.05, 4.69) is 50.0 Å². The third-order valence-corrected chi connectivity index (χ3v) is 4.65. The summed E-state index contributed by atoms with van der Waals surface area (Å²) in [7, 11) is 0. The molecule has 0 radical (unpaired) electrons. The minimum Gasteiger partial charge on any atom is -0.370 e. The molecule has 0 bridgehead atoms. The monoisotopic (exact) mass is 377 g/mol. The van der Waals surface area contributed by atoms with E-state index in [-0.39, 0.29) is 0 Å². The van der Waals surface area contributed by atoms with Crippen LogP contribution in [0, 0.1) is 0 Å². The summed E-state index contributed by atoms with van der Waals surface area (Å²) in [5.41, 5.74) is 3.59. The van der Waals surface area contributed by atoms with Crippen LogP contribution in [0.25, 0.3) is 10.9 Å². The summed E-state index contributed by atoms with van der Waals surface area (Å²) in [6, 6.07) is 17.9. The van der Waals surface area contributed by atoms with Crippen LogP contribution in [0.1, 0.15) is 11.1 Å². The number of para-hydroxylation sites is 1. The van der Waals surface area contributed by atoms with Gasteiger partial charge in [0.1, 0.15) is 5.82 Å². The summed E-state index contributed by atoms with van der Waals surface area (Å²) in [4.78, 5) is 12.1. The topological polar surface area (TPSA) is 65.6 Å². The first-order chi connectivity index (χ1) is 13.3. The molecular formula is C21H20ClN5. The molecule has 4 aromatic rings. The molecule has 136 valence electrons. The van der Waals surface area contributed by atoms with Crippen molar-refractivity contribution in [2.45, 2.75) is 13.0 Å². The highest BCUT2D eigenvalue weighted by Crippen LogP contribution is 2.18. The van der Waals surface area contributed by atoms with Crippen LogP contribution in [-0.4, -0.2) is 21.5 Å². The van der Waals surface area contributed by atoms with Crippen molar-refractivity contribution in [3.63, 3.8) is 0 Å². The molecule has 0 saturated heterocycles. The Labute approximate surface area is 162 Å². The molecule has 2 heterocycles. The van der Waals surface area contributed by atoms with Gasteiger partial charge in [0.05, 0.1) is 0 Å². The smallest absolute Gasteiger partial charge is 0.224 e. The van der Waals surface area contributed by atoms with Crippen molar-refractivity contribution in [1.82, 2.24) is 15.0 Å². The fourth-order valence-corrected chi connectivity index (χ4v) is 3.12. The van der Waals surface area contributed by atoms with Gasteiger partial charge < -0.3 is 15.6 Å². The first kappa shape index (κ1) is 17.4. The van der Waals surface area contributed by atoms with Crippen LogP contribution in [0.2, 0.25) is 5.02 Å². The minimum absolute atomic E-state index is 0.599. The van der Waals surface area contributed by atoms with Crippen LogP contribution < -0.4 is 10.6 Å². The summed E-state index contributed by atoms with van der Waals surface area (Å²) in [5, 5.41) is 8.61. The number of rotatable bonds is 7. The van der Waals surface area contributed by atoms with Crippen molar-refractivity contribution < 1.29 is 0 Å². The van der Waals surface area contributed by atoms with E-state index in [0.29, 0.717) is 12.5 Å². The van der Waals surface area contributed by atoms with Gasteiger partial charge in [0.2, 0.25) is 5.95 Å². The quantitative estimate of drug-likeness (QED) is 0.429. The molecule has 6 heteroatoms. The SMILES string of the molecule is Clc1ccc(CNc2nccc(NCCc3c[nH]c4ccccc34)n2)cc1. The maximum Gasteiger partial charge on any atom is 0.224 e. The highest BCUT2D eigenvalue weighted by Gasteiger charge is 2.04. The molecule has 0 aliphatic rings. The van der Waals surface area contributed by atoms with Crippen molar-refractivity contribution in [2.75, 3.05) is 17.2 Å². The van der Waals surface area contributed by atoms with Gasteiger partial charge >= 0.3 is 0 Å². The molecule has 0 aliphatic carbocycles. The van der Waals surface area contributed by atoms with E-state index in [0.717, 1.165) is 29.4 Å². The molecule has 5 nitrogen and oxygen atoms in total. The number of aromatic nitrogens is 3. The van der Waals surface area contributed by atoms with E-state index in [1.54, 1.807) is 6.20 Å². The second kappa shape index (κ2) is 8.10. The zero-order valence-electron chi connectivity index (χ0n) is 14.7. The van der Waals surface area contributed by atoms with Crippen molar-refractivity contribution in [1.29, 1.82) is 0 Å². The zero-order valence-corrected chi connectivity index (χ0v) is 15.5. The van der Waals surface area contributed by atoms with Gasteiger partial charge in [-0.05, 0) is 41.8 Å². The Kier molecular flexibility index (Phi) is 5.21. The first-order valence-electron chi connectivity index (χ1n) is 8.88. The maximum atomic E-state index is 5.91. The Morgan fingerprint density at radius 3 is 2.70 bits per heavy atom. The molecule has 0 saturated carbocycles. The van der Waals surface area contributed by atoms with Gasteiger partial charge in [0, 0.05) is 41.4 Å². The molecule has 2 aromatic heterocycles. The van der Waals surface area contributed by atoms with Gasteiger partial charge in [0.15, 0.2) is 0 Å². The third kappa shape index (κ3) is 4.38. The van der Waals surface area contributed by atoms with Crippen molar-refractivity contribution in [2.24, 2.45) is 0 Å². The number of benzene rings is 2. The Bertz CT molecular complexity index is 1030. The molecule has 2 aromatic carbocycles. The number of hydrogen-bond acceptors (Lipinski definition) is 4. The summed E-state index contributed by atoms with van der Waals surface area (Å²) in [6.07, 6.45) is 4.75. The molecule has 0 unspecified atom stereocenters. The normalized spacial score (nSPS) is 10.9. The highest BCUT2D eigenvalue weighted by atomic mass is 35.5. The van der Waals surface area contributed by atoms with Crippen LogP contribution in [-0.2, 0) is 13.0 Å². The van der Waals surface area contributed by atoms with E-state index in [1.807, 2.05) is 36.4 Å². The van der Waals surface area contributed by atoms with Gasteiger partial charge in [-0.2, -0.15) is 4.98 Å². The Hall–Kier alpha value is -3.05. The lowest BCUT2D eigenvalue weighted by Gasteiger charge is -2.08. The summed E-state index contributed by atoms with van der Waals surface area (Å²) in [6.45, 7) is 1.45. The molecule has 0 aliphatic heterocycles. The fraction of sp³-hybridized carbons (Fsp3) is 0.143. The number of aromatic amines is 1. The van der Waals surface area contributed by atoms with Gasteiger partial charge in [-0.1, -0.05) is 41.9 Å². The number of halogens is 1. The largest absolute Gasteiger partial charge is 0.370 e. The number of hydrogen-bond donors (Lipinski definition) is 3. The van der Waals surface area contributed by atoms with Crippen LogP contribution in [0.3, 0.4) is 0 Å². The zero-order chi connectivity index (χ0) is 18.5. The third-order valence-electron chi connectivity index (χ3n) is 4.39.